The van der Waals surface area contributed by atoms with E-state index in [0.29, 0.717) is 5.56 Å². The summed E-state index contributed by atoms with van der Waals surface area (Å²) in [6.07, 6.45) is 4.80. The lowest BCUT2D eigenvalue weighted by atomic mass is 9.89. The van der Waals surface area contributed by atoms with Gasteiger partial charge in [0.25, 0.3) is 0 Å². The van der Waals surface area contributed by atoms with Crippen LogP contribution in [0, 0.1) is 12.7 Å². The van der Waals surface area contributed by atoms with Crippen LogP contribution in [0.5, 0.6) is 0 Å². The number of hydrogen-bond donors (Lipinski definition) is 0. The van der Waals surface area contributed by atoms with Crippen molar-refractivity contribution in [2.24, 2.45) is 0 Å². The molecule has 0 aromatic heterocycles. The van der Waals surface area contributed by atoms with Gasteiger partial charge in [-0.15, -0.1) is 0 Å². The third-order valence-electron chi connectivity index (χ3n) is 4.39. The minimum atomic E-state index is -0.521. The van der Waals surface area contributed by atoms with Crippen molar-refractivity contribution in [3.05, 3.63) is 35.1 Å². The Labute approximate surface area is 121 Å². The molecule has 0 aliphatic carbocycles. The van der Waals surface area contributed by atoms with Crippen LogP contribution >= 0.6 is 0 Å². The van der Waals surface area contributed by atoms with Gasteiger partial charge in [0.05, 0.1) is 5.54 Å². The van der Waals surface area contributed by atoms with Crippen LogP contribution in [-0.2, 0) is 0 Å². The zero-order valence-corrected chi connectivity index (χ0v) is 12.7. The van der Waals surface area contributed by atoms with Crippen molar-refractivity contribution >= 4 is 5.78 Å². The molecule has 0 saturated carbocycles. The molecule has 0 bridgehead atoms. The highest BCUT2D eigenvalue weighted by atomic mass is 19.1. The molecular weight excluding hydrogens is 253 g/mol. The van der Waals surface area contributed by atoms with Crippen molar-refractivity contribution in [3.8, 4) is 0 Å². The van der Waals surface area contributed by atoms with Crippen molar-refractivity contribution < 1.29 is 9.18 Å². The molecule has 0 N–H and O–H groups in total. The van der Waals surface area contributed by atoms with Crippen molar-refractivity contribution in [3.63, 3.8) is 0 Å². The van der Waals surface area contributed by atoms with E-state index in [1.54, 1.807) is 13.0 Å². The van der Waals surface area contributed by atoms with Gasteiger partial charge in [0.2, 0.25) is 0 Å². The molecule has 20 heavy (non-hydrogen) atoms. The number of halogens is 1. The number of ketones is 1. The molecule has 1 aromatic rings. The Hall–Kier alpha value is -1.22. The van der Waals surface area contributed by atoms with Crippen LogP contribution in [-0.4, -0.2) is 29.3 Å². The third kappa shape index (κ3) is 3.09. The molecule has 0 radical (unpaired) electrons. The van der Waals surface area contributed by atoms with Gasteiger partial charge in [-0.1, -0.05) is 12.8 Å². The number of Topliss-reactive ketones (excluding diaryl/α,β-unsaturated/α-hetero) is 1. The summed E-state index contributed by atoms with van der Waals surface area (Å²) in [4.78, 5) is 15.1. The number of benzene rings is 1. The van der Waals surface area contributed by atoms with Crippen molar-refractivity contribution in [2.75, 3.05) is 13.1 Å². The van der Waals surface area contributed by atoms with Crippen molar-refractivity contribution in [2.45, 2.75) is 52.0 Å². The quantitative estimate of drug-likeness (QED) is 0.779. The van der Waals surface area contributed by atoms with Crippen molar-refractivity contribution in [1.29, 1.82) is 0 Å². The summed E-state index contributed by atoms with van der Waals surface area (Å²) in [6, 6.07) is 4.43. The van der Waals surface area contributed by atoms with Crippen molar-refractivity contribution in [1.82, 2.24) is 4.90 Å². The minimum absolute atomic E-state index is 0.0944. The van der Waals surface area contributed by atoms with Gasteiger partial charge in [0.15, 0.2) is 5.78 Å². The maximum atomic E-state index is 13.2. The van der Waals surface area contributed by atoms with Gasteiger partial charge in [-0.25, -0.2) is 4.39 Å². The molecule has 1 saturated heterocycles. The number of hydrogen-bond acceptors (Lipinski definition) is 2. The first-order valence-corrected chi connectivity index (χ1v) is 7.49. The van der Waals surface area contributed by atoms with E-state index in [4.69, 9.17) is 0 Å². The third-order valence-corrected chi connectivity index (χ3v) is 4.39. The number of carbonyl (C=O) groups is 1. The maximum absolute atomic E-state index is 13.2. The van der Waals surface area contributed by atoms with Crippen LogP contribution in [0.15, 0.2) is 18.2 Å². The smallest absolute Gasteiger partial charge is 0.182 e. The van der Waals surface area contributed by atoms with E-state index in [-0.39, 0.29) is 11.6 Å². The normalized spacial score (nSPS) is 17.8. The van der Waals surface area contributed by atoms with E-state index in [2.05, 4.69) is 4.90 Å². The average molecular weight is 277 g/mol. The molecule has 110 valence electrons. The Balaban J connectivity index is 2.25. The molecule has 1 heterocycles. The second-order valence-corrected chi connectivity index (χ2v) is 6.25. The average Bonchev–Trinajstić information content (AvgIpc) is 2.67. The van der Waals surface area contributed by atoms with Crippen LogP contribution in [0.2, 0.25) is 0 Å². The second-order valence-electron chi connectivity index (χ2n) is 6.25. The Bertz CT molecular complexity index is 488. The largest absolute Gasteiger partial charge is 0.292 e. The molecule has 0 unspecified atom stereocenters. The lowest BCUT2D eigenvalue weighted by molar-refractivity contribution is 0.0649. The highest BCUT2D eigenvalue weighted by Gasteiger charge is 2.35. The molecule has 2 nitrogen and oxygen atoms in total. The van der Waals surface area contributed by atoms with Gasteiger partial charge in [0, 0.05) is 5.56 Å². The van der Waals surface area contributed by atoms with E-state index in [9.17, 15) is 9.18 Å². The molecule has 2 rings (SSSR count). The zero-order valence-electron chi connectivity index (χ0n) is 12.7. The van der Waals surface area contributed by atoms with E-state index in [1.807, 2.05) is 13.8 Å². The topological polar surface area (TPSA) is 20.3 Å². The molecule has 0 atom stereocenters. The van der Waals surface area contributed by atoms with Gasteiger partial charge < -0.3 is 0 Å². The summed E-state index contributed by atoms with van der Waals surface area (Å²) in [7, 11) is 0. The molecule has 3 heteroatoms. The predicted octanol–water partition coefficient (Wildman–Crippen LogP) is 3.97. The van der Waals surface area contributed by atoms with Gasteiger partial charge in [-0.3, -0.25) is 9.69 Å². The summed E-state index contributed by atoms with van der Waals surface area (Å²) in [5, 5.41) is 0. The second kappa shape index (κ2) is 6.04. The first-order chi connectivity index (χ1) is 9.43. The van der Waals surface area contributed by atoms with E-state index in [0.717, 1.165) is 31.5 Å². The van der Waals surface area contributed by atoms with Gasteiger partial charge in [0.1, 0.15) is 5.82 Å². The van der Waals surface area contributed by atoms with Crippen LogP contribution < -0.4 is 0 Å². The number of rotatable bonds is 3. The van der Waals surface area contributed by atoms with Gasteiger partial charge in [-0.2, -0.15) is 0 Å². The SMILES string of the molecule is Cc1cc(F)ccc1C(=O)C(C)(C)N1CCCCCC1. The number of likely N-dealkylation sites (tertiary alicyclic amines) is 1. The van der Waals surface area contributed by atoms with Gasteiger partial charge in [-0.05, 0) is 70.5 Å². The zero-order chi connectivity index (χ0) is 14.8. The maximum Gasteiger partial charge on any atom is 0.182 e. The van der Waals surface area contributed by atoms with Crippen LogP contribution in [0.3, 0.4) is 0 Å². The van der Waals surface area contributed by atoms with E-state index in [1.165, 1.54) is 25.0 Å². The molecular formula is C17H24FNO. The Morgan fingerprint density at radius 2 is 1.75 bits per heavy atom. The van der Waals surface area contributed by atoms with E-state index < -0.39 is 5.54 Å². The Kier molecular flexibility index (Phi) is 4.59. The van der Waals surface area contributed by atoms with Crippen LogP contribution in [0.1, 0.15) is 55.5 Å². The summed E-state index contributed by atoms with van der Waals surface area (Å²) in [6.45, 7) is 7.72. The molecule has 0 spiro atoms. The number of carbonyl (C=O) groups excluding carboxylic acids is 1. The lowest BCUT2D eigenvalue weighted by Crippen LogP contribution is -2.50. The predicted molar refractivity (Wildman–Crippen MR) is 79.6 cm³/mol. The summed E-state index contributed by atoms with van der Waals surface area (Å²) in [5.74, 6) is -0.191. The fraction of sp³-hybridized carbons (Fsp3) is 0.588. The molecule has 1 fully saturated rings. The lowest BCUT2D eigenvalue weighted by Gasteiger charge is -2.37. The monoisotopic (exact) mass is 277 g/mol. The fourth-order valence-corrected chi connectivity index (χ4v) is 2.98. The Morgan fingerprint density at radius 1 is 1.15 bits per heavy atom. The Morgan fingerprint density at radius 3 is 2.30 bits per heavy atom. The summed E-state index contributed by atoms with van der Waals surface area (Å²) in [5.41, 5.74) is 0.839. The summed E-state index contributed by atoms with van der Waals surface area (Å²) < 4.78 is 13.2. The molecule has 1 aliphatic heterocycles. The molecule has 0 amide bonds. The van der Waals surface area contributed by atoms with Crippen LogP contribution in [0.25, 0.3) is 0 Å². The fourth-order valence-electron chi connectivity index (χ4n) is 2.98. The number of nitrogens with zero attached hydrogens (tertiary/aromatic N) is 1. The van der Waals surface area contributed by atoms with E-state index >= 15 is 0 Å². The summed E-state index contributed by atoms with van der Waals surface area (Å²) >= 11 is 0. The van der Waals surface area contributed by atoms with Gasteiger partial charge >= 0.3 is 0 Å². The number of aryl methyl sites for hydroxylation is 1. The highest BCUT2D eigenvalue weighted by Crippen LogP contribution is 2.25. The molecule has 1 aliphatic rings. The first kappa shape index (κ1) is 15.2. The molecule has 1 aromatic carbocycles. The minimum Gasteiger partial charge on any atom is -0.292 e. The standard InChI is InChI=1S/C17H24FNO/c1-13-12-14(18)8-9-15(13)16(20)17(2,3)19-10-6-4-5-7-11-19/h8-9,12H,4-7,10-11H2,1-3H3. The first-order valence-electron chi connectivity index (χ1n) is 7.49. The highest BCUT2D eigenvalue weighted by molar-refractivity contribution is 6.03. The van der Waals surface area contributed by atoms with Crippen LogP contribution in [0.4, 0.5) is 4.39 Å².